The van der Waals surface area contributed by atoms with E-state index in [0.29, 0.717) is 31.6 Å². The number of likely N-dealkylation sites (N-methyl/N-ethyl adjacent to an activating group) is 1. The number of halogens is 1. The van der Waals surface area contributed by atoms with Crippen LogP contribution in [0.5, 0.6) is 0 Å². The minimum atomic E-state index is -3.95. The fourth-order valence-electron chi connectivity index (χ4n) is 7.04. The van der Waals surface area contributed by atoms with E-state index in [1.54, 1.807) is 12.1 Å². The molecule has 2 atom stereocenters. The molecule has 0 aliphatic heterocycles. The van der Waals surface area contributed by atoms with Gasteiger partial charge in [0.25, 0.3) is 0 Å². The number of carbonyl (C=O) groups is 2. The molecule has 0 spiro atoms. The Bertz CT molecular complexity index is 1050. The van der Waals surface area contributed by atoms with Crippen LogP contribution in [-0.4, -0.2) is 48.3 Å². The van der Waals surface area contributed by atoms with Gasteiger partial charge in [0.15, 0.2) is 0 Å². The summed E-state index contributed by atoms with van der Waals surface area (Å²) in [6.45, 7) is 0. The number of aliphatic carboxylic acids is 1. The van der Waals surface area contributed by atoms with Crippen molar-refractivity contribution in [2.45, 2.75) is 67.8 Å². The van der Waals surface area contributed by atoms with E-state index in [0.717, 1.165) is 25.7 Å². The van der Waals surface area contributed by atoms with Gasteiger partial charge < -0.3 is 10.4 Å². The van der Waals surface area contributed by atoms with E-state index < -0.39 is 26.9 Å². The number of nitrogens with one attached hydrogen (secondary N) is 1. The topological polar surface area (TPSA) is 104 Å². The first-order chi connectivity index (χ1) is 15.1. The summed E-state index contributed by atoms with van der Waals surface area (Å²) < 4.78 is 27.9. The van der Waals surface area contributed by atoms with Crippen molar-refractivity contribution in [2.75, 3.05) is 7.05 Å². The highest BCUT2D eigenvalue weighted by atomic mass is 35.5. The van der Waals surface area contributed by atoms with E-state index in [2.05, 4.69) is 5.32 Å². The number of hydrogen-bond acceptors (Lipinski definition) is 4. The molecule has 4 bridgehead atoms. The maximum Gasteiger partial charge on any atom is 0.309 e. The standard InChI is InChI=1S/C23H29ClN2O5S/c1-26(32(30,31)18-6-3-2-5-17(18)24)23(7-4-8-23)20(27)25-19-15-9-14-10-16(19)13-22(11-14,12-15)21(28)29/h2-3,5-6,14-16,19H,4,7-13H2,1H3,(H,25,27)(H,28,29). The molecule has 0 saturated heterocycles. The molecule has 7 nitrogen and oxygen atoms in total. The van der Waals surface area contributed by atoms with Crippen LogP contribution in [0.1, 0.15) is 51.4 Å². The van der Waals surface area contributed by atoms with Crippen LogP contribution in [0.15, 0.2) is 29.2 Å². The first kappa shape index (κ1) is 22.2. The number of carboxylic acids is 1. The lowest BCUT2D eigenvalue weighted by Gasteiger charge is -2.59. The molecule has 5 fully saturated rings. The fraction of sp³-hybridized carbons (Fsp3) is 0.652. The zero-order chi connectivity index (χ0) is 22.9. The van der Waals surface area contributed by atoms with E-state index in [-0.39, 0.29) is 33.7 Å². The zero-order valence-electron chi connectivity index (χ0n) is 18.1. The van der Waals surface area contributed by atoms with Gasteiger partial charge in [-0.2, -0.15) is 4.31 Å². The van der Waals surface area contributed by atoms with E-state index in [1.165, 1.54) is 23.5 Å². The largest absolute Gasteiger partial charge is 0.481 e. The van der Waals surface area contributed by atoms with Gasteiger partial charge in [-0.05, 0) is 81.3 Å². The average molecular weight is 481 g/mol. The lowest BCUT2D eigenvalue weighted by atomic mass is 9.48. The number of amides is 1. The first-order valence-electron chi connectivity index (χ1n) is 11.4. The lowest BCUT2D eigenvalue weighted by molar-refractivity contribution is -0.168. The molecular formula is C23H29ClN2O5S. The van der Waals surface area contributed by atoms with Gasteiger partial charge in [0.2, 0.25) is 15.9 Å². The molecule has 2 unspecified atom stereocenters. The summed E-state index contributed by atoms with van der Waals surface area (Å²) in [5.41, 5.74) is -1.77. The number of sulfonamides is 1. The average Bonchev–Trinajstić information content (AvgIpc) is 2.69. The van der Waals surface area contributed by atoms with Gasteiger partial charge >= 0.3 is 5.97 Å². The van der Waals surface area contributed by atoms with Crippen LogP contribution >= 0.6 is 11.6 Å². The van der Waals surface area contributed by atoms with Gasteiger partial charge in [0.05, 0.1) is 10.4 Å². The molecule has 9 heteroatoms. The van der Waals surface area contributed by atoms with E-state index in [4.69, 9.17) is 11.6 Å². The van der Waals surface area contributed by atoms with Gasteiger partial charge in [0.1, 0.15) is 10.4 Å². The van der Waals surface area contributed by atoms with E-state index in [9.17, 15) is 23.1 Å². The fourth-order valence-corrected chi connectivity index (χ4v) is 9.05. The van der Waals surface area contributed by atoms with Crippen molar-refractivity contribution >= 4 is 33.5 Å². The third kappa shape index (κ3) is 3.13. The minimum Gasteiger partial charge on any atom is -0.481 e. The monoisotopic (exact) mass is 480 g/mol. The number of nitrogens with zero attached hydrogens (tertiary/aromatic N) is 1. The molecule has 1 aromatic rings. The lowest BCUT2D eigenvalue weighted by Crippen LogP contribution is -2.68. The summed E-state index contributed by atoms with van der Waals surface area (Å²) in [6.07, 6.45) is 5.53. The molecule has 6 rings (SSSR count). The van der Waals surface area contributed by atoms with Gasteiger partial charge in [0, 0.05) is 13.1 Å². The molecule has 1 amide bonds. The number of carboxylic acid groups (broad SMARTS) is 1. The van der Waals surface area contributed by atoms with Crippen molar-refractivity contribution in [2.24, 2.45) is 23.2 Å². The zero-order valence-corrected chi connectivity index (χ0v) is 19.7. The third-order valence-electron chi connectivity index (χ3n) is 8.71. The van der Waals surface area contributed by atoms with Gasteiger partial charge in [-0.25, -0.2) is 8.42 Å². The van der Waals surface area contributed by atoms with Gasteiger partial charge in [-0.3, -0.25) is 9.59 Å². The predicted molar refractivity (Wildman–Crippen MR) is 119 cm³/mol. The molecule has 5 aliphatic rings. The third-order valence-corrected chi connectivity index (χ3v) is 11.1. The number of rotatable bonds is 6. The quantitative estimate of drug-likeness (QED) is 0.650. The summed E-state index contributed by atoms with van der Waals surface area (Å²) >= 11 is 6.17. The Hall–Kier alpha value is -1.64. The summed E-state index contributed by atoms with van der Waals surface area (Å²) in [6, 6.07) is 6.20. The highest BCUT2D eigenvalue weighted by molar-refractivity contribution is 7.89. The SMILES string of the molecule is CN(C1(C(=O)NC2C3CC4CC2CC(C(=O)O)(C4)C3)CCC1)S(=O)(=O)c1ccccc1Cl. The van der Waals surface area contributed by atoms with Crippen molar-refractivity contribution in [3.63, 3.8) is 0 Å². The van der Waals surface area contributed by atoms with Crippen LogP contribution in [0, 0.1) is 23.2 Å². The Morgan fingerprint density at radius 3 is 2.28 bits per heavy atom. The number of benzene rings is 1. The maximum atomic E-state index is 13.6. The molecule has 0 aromatic heterocycles. The van der Waals surface area contributed by atoms with E-state index in [1.807, 2.05) is 0 Å². The van der Waals surface area contributed by atoms with Crippen molar-refractivity contribution in [3.05, 3.63) is 29.3 Å². The van der Waals surface area contributed by atoms with Crippen molar-refractivity contribution in [1.29, 1.82) is 0 Å². The Labute approximate surface area is 193 Å². The van der Waals surface area contributed by atoms with Crippen LogP contribution in [0.3, 0.4) is 0 Å². The van der Waals surface area contributed by atoms with Crippen LogP contribution in [0.25, 0.3) is 0 Å². The predicted octanol–water partition coefficient (Wildman–Crippen LogP) is 3.28. The van der Waals surface area contributed by atoms with Crippen LogP contribution < -0.4 is 5.32 Å². The van der Waals surface area contributed by atoms with E-state index >= 15 is 0 Å². The molecule has 32 heavy (non-hydrogen) atoms. The normalized spacial score (nSPS) is 34.8. The molecule has 2 N–H and O–H groups in total. The molecule has 174 valence electrons. The smallest absolute Gasteiger partial charge is 0.309 e. The second-order valence-electron chi connectivity index (χ2n) is 10.3. The van der Waals surface area contributed by atoms with Gasteiger partial charge in [-0.15, -0.1) is 0 Å². The highest BCUT2D eigenvalue weighted by Crippen LogP contribution is 2.60. The number of carbonyl (C=O) groups excluding carboxylic acids is 1. The summed E-state index contributed by atoms with van der Waals surface area (Å²) in [7, 11) is -2.49. The Morgan fingerprint density at radius 2 is 1.75 bits per heavy atom. The van der Waals surface area contributed by atoms with Crippen LogP contribution in [-0.2, 0) is 19.6 Å². The molecular weight excluding hydrogens is 452 g/mol. The molecule has 0 heterocycles. The Balaban J connectivity index is 1.38. The second-order valence-corrected chi connectivity index (χ2v) is 12.7. The summed E-state index contributed by atoms with van der Waals surface area (Å²) in [5.74, 6) is -0.267. The van der Waals surface area contributed by atoms with Crippen molar-refractivity contribution in [1.82, 2.24) is 9.62 Å². The Kier molecular flexibility index (Phi) is 5.15. The van der Waals surface area contributed by atoms with Crippen LogP contribution in [0.2, 0.25) is 5.02 Å². The van der Waals surface area contributed by atoms with Crippen molar-refractivity contribution in [3.8, 4) is 0 Å². The van der Waals surface area contributed by atoms with Crippen LogP contribution in [0.4, 0.5) is 0 Å². The molecule has 1 aromatic carbocycles. The van der Waals surface area contributed by atoms with Crippen molar-refractivity contribution < 1.29 is 23.1 Å². The first-order valence-corrected chi connectivity index (χ1v) is 13.2. The second kappa shape index (κ2) is 7.43. The Morgan fingerprint density at radius 1 is 1.12 bits per heavy atom. The summed E-state index contributed by atoms with van der Waals surface area (Å²) in [5, 5.41) is 13.2. The number of hydrogen-bond donors (Lipinski definition) is 2. The molecule has 5 saturated carbocycles. The van der Waals surface area contributed by atoms with Gasteiger partial charge in [-0.1, -0.05) is 23.7 Å². The molecule has 5 aliphatic carbocycles. The maximum absolute atomic E-state index is 13.6. The summed E-state index contributed by atoms with van der Waals surface area (Å²) in [4.78, 5) is 25.6. The molecule has 0 radical (unpaired) electrons. The minimum absolute atomic E-state index is 0.00117. The highest BCUT2D eigenvalue weighted by Gasteiger charge is 2.60.